The molecule has 1 N–H and O–H groups in total. The van der Waals surface area contributed by atoms with E-state index in [1.807, 2.05) is 31.3 Å². The molecule has 1 heterocycles. The van der Waals surface area contributed by atoms with E-state index in [0.29, 0.717) is 18.2 Å². The van der Waals surface area contributed by atoms with Crippen LogP contribution in [0.3, 0.4) is 0 Å². The predicted octanol–water partition coefficient (Wildman–Crippen LogP) is 2.08. The lowest BCUT2D eigenvalue weighted by molar-refractivity contribution is 0.454. The standard InChI is InChI=1S/C12H14ClN3O/c1-14-7-6-11-15-16-12(17-11)8-9-4-2-3-5-10(9)13/h2-5,14H,6-8H2,1H3. The molecule has 0 saturated heterocycles. The highest BCUT2D eigenvalue weighted by atomic mass is 35.5. The van der Waals surface area contributed by atoms with Crippen molar-refractivity contribution in [3.8, 4) is 0 Å². The van der Waals surface area contributed by atoms with E-state index >= 15 is 0 Å². The third kappa shape index (κ3) is 3.28. The molecule has 0 saturated carbocycles. The summed E-state index contributed by atoms with van der Waals surface area (Å²) in [5.74, 6) is 1.26. The molecular formula is C12H14ClN3O. The topological polar surface area (TPSA) is 51.0 Å². The number of hydrogen-bond donors (Lipinski definition) is 1. The number of nitrogens with one attached hydrogen (secondary N) is 1. The first-order valence-electron chi connectivity index (χ1n) is 5.49. The first kappa shape index (κ1) is 12.1. The number of halogens is 1. The Labute approximate surface area is 105 Å². The highest BCUT2D eigenvalue weighted by molar-refractivity contribution is 6.31. The number of benzene rings is 1. The molecule has 0 radical (unpaired) electrons. The molecule has 1 aromatic carbocycles. The van der Waals surface area contributed by atoms with Crippen molar-refractivity contribution in [2.75, 3.05) is 13.6 Å². The van der Waals surface area contributed by atoms with Crippen molar-refractivity contribution < 1.29 is 4.42 Å². The zero-order valence-electron chi connectivity index (χ0n) is 9.61. The van der Waals surface area contributed by atoms with Crippen LogP contribution in [0.15, 0.2) is 28.7 Å². The second-order valence-electron chi connectivity index (χ2n) is 3.71. The van der Waals surface area contributed by atoms with Gasteiger partial charge in [-0.25, -0.2) is 0 Å². The minimum Gasteiger partial charge on any atom is -0.425 e. The smallest absolute Gasteiger partial charge is 0.220 e. The van der Waals surface area contributed by atoms with Gasteiger partial charge in [0.2, 0.25) is 11.8 Å². The van der Waals surface area contributed by atoms with Gasteiger partial charge in [-0.15, -0.1) is 10.2 Å². The number of nitrogens with zero attached hydrogens (tertiary/aromatic N) is 2. The summed E-state index contributed by atoms with van der Waals surface area (Å²) >= 11 is 6.06. The fourth-order valence-corrected chi connectivity index (χ4v) is 1.70. The van der Waals surface area contributed by atoms with Gasteiger partial charge in [0.25, 0.3) is 0 Å². The molecule has 1 aromatic heterocycles. The van der Waals surface area contributed by atoms with Crippen LogP contribution in [0.1, 0.15) is 17.3 Å². The average molecular weight is 252 g/mol. The van der Waals surface area contributed by atoms with Crippen LogP contribution in [0.2, 0.25) is 5.02 Å². The maximum Gasteiger partial charge on any atom is 0.220 e. The van der Waals surface area contributed by atoms with Crippen LogP contribution < -0.4 is 5.32 Å². The molecule has 0 amide bonds. The molecule has 0 spiro atoms. The number of rotatable bonds is 5. The fraction of sp³-hybridized carbons (Fsp3) is 0.333. The van der Waals surface area contributed by atoms with Crippen molar-refractivity contribution in [2.45, 2.75) is 12.8 Å². The lowest BCUT2D eigenvalue weighted by Gasteiger charge is -1.99. The Kier molecular flexibility index (Phi) is 4.12. The quantitative estimate of drug-likeness (QED) is 0.884. The van der Waals surface area contributed by atoms with Crippen molar-refractivity contribution in [1.82, 2.24) is 15.5 Å². The van der Waals surface area contributed by atoms with Gasteiger partial charge in [-0.3, -0.25) is 0 Å². The van der Waals surface area contributed by atoms with E-state index in [1.165, 1.54) is 0 Å². The normalized spacial score (nSPS) is 10.7. The van der Waals surface area contributed by atoms with E-state index in [4.69, 9.17) is 16.0 Å². The lowest BCUT2D eigenvalue weighted by atomic mass is 10.1. The van der Waals surface area contributed by atoms with Crippen LogP contribution in [0, 0.1) is 0 Å². The van der Waals surface area contributed by atoms with Gasteiger partial charge in [0, 0.05) is 18.0 Å². The van der Waals surface area contributed by atoms with Crippen molar-refractivity contribution in [1.29, 1.82) is 0 Å². The van der Waals surface area contributed by atoms with Crippen LogP contribution in [0.25, 0.3) is 0 Å². The summed E-state index contributed by atoms with van der Waals surface area (Å²) in [7, 11) is 1.89. The molecule has 4 nitrogen and oxygen atoms in total. The van der Waals surface area contributed by atoms with Crippen LogP contribution in [-0.2, 0) is 12.8 Å². The van der Waals surface area contributed by atoms with Crippen LogP contribution >= 0.6 is 11.6 Å². The second kappa shape index (κ2) is 5.80. The molecule has 0 aliphatic heterocycles. The van der Waals surface area contributed by atoms with Crippen LogP contribution in [0.4, 0.5) is 0 Å². The van der Waals surface area contributed by atoms with E-state index in [2.05, 4.69) is 15.5 Å². The largest absolute Gasteiger partial charge is 0.425 e. The van der Waals surface area contributed by atoms with E-state index in [1.54, 1.807) is 0 Å². The Balaban J connectivity index is 2.04. The maximum atomic E-state index is 6.06. The molecule has 0 aliphatic rings. The SMILES string of the molecule is CNCCc1nnc(Cc2ccccc2Cl)o1. The highest BCUT2D eigenvalue weighted by Crippen LogP contribution is 2.18. The molecule has 0 unspecified atom stereocenters. The third-order valence-corrected chi connectivity index (χ3v) is 2.77. The van der Waals surface area contributed by atoms with Gasteiger partial charge in [0.1, 0.15) is 0 Å². The van der Waals surface area contributed by atoms with Crippen molar-refractivity contribution in [3.05, 3.63) is 46.6 Å². The van der Waals surface area contributed by atoms with Gasteiger partial charge in [-0.05, 0) is 18.7 Å². The summed E-state index contributed by atoms with van der Waals surface area (Å²) in [5.41, 5.74) is 0.998. The fourth-order valence-electron chi connectivity index (χ4n) is 1.50. The molecule has 2 rings (SSSR count). The molecule has 0 aliphatic carbocycles. The molecule has 0 fully saturated rings. The Hall–Kier alpha value is -1.39. The molecule has 17 heavy (non-hydrogen) atoms. The van der Waals surface area contributed by atoms with Crippen LogP contribution in [-0.4, -0.2) is 23.8 Å². The summed E-state index contributed by atoms with van der Waals surface area (Å²) in [6.07, 6.45) is 1.32. The Morgan fingerprint density at radius 1 is 1.24 bits per heavy atom. The van der Waals surface area contributed by atoms with E-state index in [9.17, 15) is 0 Å². The van der Waals surface area contributed by atoms with Gasteiger partial charge >= 0.3 is 0 Å². The average Bonchev–Trinajstić information content (AvgIpc) is 2.77. The van der Waals surface area contributed by atoms with Gasteiger partial charge in [-0.1, -0.05) is 29.8 Å². The van der Waals surface area contributed by atoms with E-state index in [-0.39, 0.29) is 0 Å². The van der Waals surface area contributed by atoms with Crippen molar-refractivity contribution in [3.63, 3.8) is 0 Å². The number of hydrogen-bond acceptors (Lipinski definition) is 4. The van der Waals surface area contributed by atoms with Gasteiger partial charge in [0.15, 0.2) is 0 Å². The van der Waals surface area contributed by atoms with Crippen LogP contribution in [0.5, 0.6) is 0 Å². The molecule has 0 atom stereocenters. The number of likely N-dealkylation sites (N-methyl/N-ethyl adjacent to an activating group) is 1. The first-order chi connectivity index (χ1) is 8.29. The zero-order valence-corrected chi connectivity index (χ0v) is 10.4. The van der Waals surface area contributed by atoms with E-state index in [0.717, 1.165) is 23.6 Å². The Morgan fingerprint density at radius 3 is 2.76 bits per heavy atom. The molecule has 2 aromatic rings. The first-order valence-corrected chi connectivity index (χ1v) is 5.86. The van der Waals surface area contributed by atoms with E-state index < -0.39 is 0 Å². The monoisotopic (exact) mass is 251 g/mol. The number of aromatic nitrogens is 2. The van der Waals surface area contributed by atoms with Crippen molar-refractivity contribution >= 4 is 11.6 Å². The highest BCUT2D eigenvalue weighted by Gasteiger charge is 2.08. The summed E-state index contributed by atoms with van der Waals surface area (Å²) in [4.78, 5) is 0. The minimum absolute atomic E-state index is 0.576. The molecular weight excluding hydrogens is 238 g/mol. The van der Waals surface area contributed by atoms with Gasteiger partial charge in [0.05, 0.1) is 6.42 Å². The zero-order chi connectivity index (χ0) is 12.1. The molecule has 90 valence electrons. The summed E-state index contributed by atoms with van der Waals surface area (Å²) in [6, 6.07) is 7.66. The Morgan fingerprint density at radius 2 is 2.00 bits per heavy atom. The van der Waals surface area contributed by atoms with Gasteiger partial charge < -0.3 is 9.73 Å². The van der Waals surface area contributed by atoms with Crippen molar-refractivity contribution in [2.24, 2.45) is 0 Å². The minimum atomic E-state index is 0.576. The Bertz CT molecular complexity index is 484. The predicted molar refractivity (Wildman–Crippen MR) is 66.2 cm³/mol. The maximum absolute atomic E-state index is 6.06. The summed E-state index contributed by atoms with van der Waals surface area (Å²) in [6.45, 7) is 0.827. The second-order valence-corrected chi connectivity index (χ2v) is 4.12. The lowest BCUT2D eigenvalue weighted by Crippen LogP contribution is -2.10. The summed E-state index contributed by atoms with van der Waals surface area (Å²) < 4.78 is 5.52. The molecule has 0 bridgehead atoms. The third-order valence-electron chi connectivity index (χ3n) is 2.40. The van der Waals surface area contributed by atoms with Gasteiger partial charge in [-0.2, -0.15) is 0 Å². The summed E-state index contributed by atoms with van der Waals surface area (Å²) in [5, 5.41) is 11.7. The molecule has 5 heteroatoms.